The van der Waals surface area contributed by atoms with Crippen molar-refractivity contribution < 1.29 is 14.8 Å². The minimum Gasteiger partial charge on any atom is -0.478 e. The van der Waals surface area contributed by atoms with Crippen molar-refractivity contribution in [2.75, 3.05) is 0 Å². The van der Waals surface area contributed by atoms with Crippen LogP contribution in [0.25, 0.3) is 6.08 Å². The molecule has 0 radical (unpaired) electrons. The molecule has 0 aliphatic heterocycles. The number of aliphatic carboxylic acids is 1. The minimum absolute atomic E-state index is 0.0610. The molecule has 0 bridgehead atoms. The van der Waals surface area contributed by atoms with Crippen LogP contribution in [-0.2, 0) is 10.5 Å². The van der Waals surface area contributed by atoms with E-state index in [-0.39, 0.29) is 5.69 Å². The Kier molecular flexibility index (Phi) is 5.32. The van der Waals surface area contributed by atoms with Gasteiger partial charge < -0.3 is 5.11 Å². The van der Waals surface area contributed by atoms with E-state index < -0.39 is 10.9 Å². The fourth-order valence-corrected chi connectivity index (χ4v) is 2.78. The van der Waals surface area contributed by atoms with Crippen molar-refractivity contribution in [2.24, 2.45) is 0 Å². The summed E-state index contributed by atoms with van der Waals surface area (Å²) in [4.78, 5) is 21.8. The smallest absolute Gasteiger partial charge is 0.328 e. The number of benzene rings is 2. The molecular formula is C16H13NO4S. The molecule has 6 heteroatoms. The van der Waals surface area contributed by atoms with Gasteiger partial charge in [0.2, 0.25) is 0 Å². The molecule has 0 aliphatic carbocycles. The van der Waals surface area contributed by atoms with Crippen LogP contribution < -0.4 is 0 Å². The van der Waals surface area contributed by atoms with Crippen molar-refractivity contribution in [3.8, 4) is 0 Å². The Hall–Kier alpha value is -2.60. The standard InChI is InChI=1S/C16H13NO4S/c18-16(19)9-6-13-10-14(17(20)21)7-8-15(13)22-11-12-4-2-1-3-5-12/h1-10H,11H2,(H,18,19)/b9-6+. The lowest BCUT2D eigenvalue weighted by Crippen LogP contribution is -1.91. The van der Waals surface area contributed by atoms with Crippen molar-refractivity contribution in [3.63, 3.8) is 0 Å². The van der Waals surface area contributed by atoms with E-state index in [9.17, 15) is 14.9 Å². The van der Waals surface area contributed by atoms with E-state index in [0.717, 1.165) is 16.5 Å². The molecule has 0 unspecified atom stereocenters. The van der Waals surface area contributed by atoms with Crippen LogP contribution in [0.15, 0.2) is 59.5 Å². The first-order valence-corrected chi connectivity index (χ1v) is 7.41. The predicted molar refractivity (Wildman–Crippen MR) is 85.8 cm³/mol. The maximum Gasteiger partial charge on any atom is 0.328 e. The van der Waals surface area contributed by atoms with Crippen molar-refractivity contribution in [2.45, 2.75) is 10.6 Å². The molecule has 0 aromatic heterocycles. The SMILES string of the molecule is O=C(O)/C=C/c1cc([N+](=O)[O-])ccc1SCc1ccccc1. The molecule has 0 fully saturated rings. The number of nitrogens with zero attached hydrogens (tertiary/aromatic N) is 1. The zero-order chi connectivity index (χ0) is 15.9. The summed E-state index contributed by atoms with van der Waals surface area (Å²) >= 11 is 1.51. The van der Waals surface area contributed by atoms with Crippen LogP contribution in [0.3, 0.4) is 0 Å². The van der Waals surface area contributed by atoms with Crippen LogP contribution in [0.1, 0.15) is 11.1 Å². The monoisotopic (exact) mass is 315 g/mol. The van der Waals surface area contributed by atoms with Gasteiger partial charge in [0.15, 0.2) is 0 Å². The molecule has 0 saturated carbocycles. The Balaban J connectivity index is 2.25. The highest BCUT2D eigenvalue weighted by Crippen LogP contribution is 2.30. The minimum atomic E-state index is -1.09. The average molecular weight is 315 g/mol. The van der Waals surface area contributed by atoms with Gasteiger partial charge in [0, 0.05) is 28.9 Å². The molecule has 2 aromatic carbocycles. The highest BCUT2D eigenvalue weighted by Gasteiger charge is 2.10. The molecule has 0 saturated heterocycles. The number of carboxylic acid groups (broad SMARTS) is 1. The number of carbonyl (C=O) groups is 1. The second-order valence-electron chi connectivity index (χ2n) is 4.43. The van der Waals surface area contributed by atoms with Crippen molar-refractivity contribution in [3.05, 3.63) is 75.8 Å². The first-order chi connectivity index (χ1) is 10.6. The molecule has 0 amide bonds. The van der Waals surface area contributed by atoms with E-state index in [4.69, 9.17) is 5.11 Å². The van der Waals surface area contributed by atoms with Crippen LogP contribution in [0, 0.1) is 10.1 Å². The number of thioether (sulfide) groups is 1. The molecule has 1 N–H and O–H groups in total. The molecule has 2 rings (SSSR count). The molecular weight excluding hydrogens is 302 g/mol. The maximum absolute atomic E-state index is 10.8. The number of nitro benzene ring substituents is 1. The Morgan fingerprint density at radius 3 is 2.59 bits per heavy atom. The Morgan fingerprint density at radius 2 is 1.95 bits per heavy atom. The summed E-state index contributed by atoms with van der Waals surface area (Å²) in [7, 11) is 0. The Labute approximate surface area is 131 Å². The molecule has 22 heavy (non-hydrogen) atoms. The normalized spacial score (nSPS) is 10.7. The second kappa shape index (κ2) is 7.42. The van der Waals surface area contributed by atoms with Gasteiger partial charge in [-0.1, -0.05) is 30.3 Å². The Morgan fingerprint density at radius 1 is 1.23 bits per heavy atom. The summed E-state index contributed by atoms with van der Waals surface area (Å²) in [5, 5.41) is 19.6. The van der Waals surface area contributed by atoms with Crippen LogP contribution in [0.4, 0.5) is 5.69 Å². The number of nitro groups is 1. The fourth-order valence-electron chi connectivity index (χ4n) is 1.81. The number of carboxylic acids is 1. The average Bonchev–Trinajstić information content (AvgIpc) is 2.52. The van der Waals surface area contributed by atoms with Gasteiger partial charge in [-0.25, -0.2) is 4.79 Å². The summed E-state index contributed by atoms with van der Waals surface area (Å²) in [5.74, 6) is -0.391. The highest BCUT2D eigenvalue weighted by atomic mass is 32.2. The Bertz CT molecular complexity index is 713. The third kappa shape index (κ3) is 4.46. The lowest BCUT2D eigenvalue weighted by molar-refractivity contribution is -0.384. The lowest BCUT2D eigenvalue weighted by atomic mass is 10.2. The molecule has 0 spiro atoms. The van der Waals surface area contributed by atoms with Crippen LogP contribution in [0.5, 0.6) is 0 Å². The molecule has 5 nitrogen and oxygen atoms in total. The van der Waals surface area contributed by atoms with E-state index in [1.807, 2.05) is 30.3 Å². The number of hydrogen-bond acceptors (Lipinski definition) is 4. The quantitative estimate of drug-likeness (QED) is 0.377. The topological polar surface area (TPSA) is 80.4 Å². The predicted octanol–water partition coefficient (Wildman–Crippen LogP) is 3.98. The van der Waals surface area contributed by atoms with Gasteiger partial charge in [0.05, 0.1) is 4.92 Å². The zero-order valence-corrected chi connectivity index (χ0v) is 12.3. The molecule has 112 valence electrons. The van der Waals surface area contributed by atoms with E-state index in [2.05, 4.69) is 0 Å². The molecule has 0 aliphatic rings. The summed E-state index contributed by atoms with van der Waals surface area (Å²) in [6, 6.07) is 14.2. The van der Waals surface area contributed by atoms with Crippen LogP contribution in [-0.4, -0.2) is 16.0 Å². The maximum atomic E-state index is 10.8. The third-order valence-corrected chi connectivity index (χ3v) is 4.01. The van der Waals surface area contributed by atoms with Crippen molar-refractivity contribution in [1.29, 1.82) is 0 Å². The van der Waals surface area contributed by atoms with E-state index in [0.29, 0.717) is 11.3 Å². The lowest BCUT2D eigenvalue weighted by Gasteiger charge is -2.06. The van der Waals surface area contributed by atoms with Gasteiger partial charge in [-0.05, 0) is 23.3 Å². The van der Waals surface area contributed by atoms with E-state index >= 15 is 0 Å². The van der Waals surface area contributed by atoms with Gasteiger partial charge in [-0.15, -0.1) is 11.8 Å². The van der Waals surface area contributed by atoms with Gasteiger partial charge in [-0.2, -0.15) is 0 Å². The van der Waals surface area contributed by atoms with E-state index in [1.165, 1.54) is 30.0 Å². The zero-order valence-electron chi connectivity index (χ0n) is 11.5. The van der Waals surface area contributed by atoms with Crippen LogP contribution in [0.2, 0.25) is 0 Å². The van der Waals surface area contributed by atoms with Gasteiger partial charge in [-0.3, -0.25) is 10.1 Å². The molecule has 0 atom stereocenters. The highest BCUT2D eigenvalue weighted by molar-refractivity contribution is 7.98. The van der Waals surface area contributed by atoms with Gasteiger partial charge in [0.25, 0.3) is 5.69 Å². The summed E-state index contributed by atoms with van der Waals surface area (Å²) in [6.07, 6.45) is 2.36. The van der Waals surface area contributed by atoms with Crippen LogP contribution >= 0.6 is 11.8 Å². The first-order valence-electron chi connectivity index (χ1n) is 6.42. The van der Waals surface area contributed by atoms with Gasteiger partial charge in [0.1, 0.15) is 0 Å². The third-order valence-electron chi connectivity index (χ3n) is 2.85. The molecule has 0 heterocycles. The molecule has 2 aromatic rings. The summed E-state index contributed by atoms with van der Waals surface area (Å²) in [5.41, 5.74) is 1.59. The fraction of sp³-hybridized carbons (Fsp3) is 0.0625. The number of non-ortho nitro benzene ring substituents is 1. The summed E-state index contributed by atoms with van der Waals surface area (Å²) < 4.78 is 0. The second-order valence-corrected chi connectivity index (χ2v) is 5.44. The van der Waals surface area contributed by atoms with E-state index in [1.54, 1.807) is 6.07 Å². The van der Waals surface area contributed by atoms with Crippen molar-refractivity contribution >= 4 is 29.5 Å². The van der Waals surface area contributed by atoms with Gasteiger partial charge >= 0.3 is 5.97 Å². The number of rotatable bonds is 6. The first kappa shape index (κ1) is 15.8. The summed E-state index contributed by atoms with van der Waals surface area (Å²) in [6.45, 7) is 0. The largest absolute Gasteiger partial charge is 0.478 e. The number of hydrogen-bond donors (Lipinski definition) is 1. The van der Waals surface area contributed by atoms with Crippen molar-refractivity contribution in [1.82, 2.24) is 0 Å².